The number of primary amides is 1. The minimum absolute atomic E-state index is 0.324. The molecule has 1 heterocycles. The molecular weight excluding hydrogens is 262 g/mol. The minimum atomic E-state index is -0.493. The summed E-state index contributed by atoms with van der Waals surface area (Å²) in [6, 6.07) is 14.1. The highest BCUT2D eigenvalue weighted by Crippen LogP contribution is 2.40. The van der Waals surface area contributed by atoms with Gasteiger partial charge in [0, 0.05) is 11.7 Å². The average Bonchev–Trinajstić information content (AvgIpc) is 2.48. The van der Waals surface area contributed by atoms with E-state index in [1.54, 1.807) is 6.07 Å². The molecule has 4 heteroatoms. The second kappa shape index (κ2) is 5.13. The SMILES string of the molecule is CC1CCc2ccccc2N1c1cccc(C(N)=O)c1N. The van der Waals surface area contributed by atoms with Crippen molar-refractivity contribution in [2.45, 2.75) is 25.8 Å². The Hall–Kier alpha value is -2.49. The zero-order valence-electron chi connectivity index (χ0n) is 12.0. The number of carbonyl (C=O) groups is 1. The number of amides is 1. The van der Waals surface area contributed by atoms with Crippen molar-refractivity contribution in [3.05, 3.63) is 53.6 Å². The number of aryl methyl sites for hydroxylation is 1. The molecule has 0 saturated heterocycles. The topological polar surface area (TPSA) is 72.3 Å². The third-order valence-corrected chi connectivity index (χ3v) is 4.13. The van der Waals surface area contributed by atoms with E-state index in [-0.39, 0.29) is 0 Å². The molecule has 1 aliphatic heterocycles. The summed E-state index contributed by atoms with van der Waals surface area (Å²) < 4.78 is 0. The van der Waals surface area contributed by atoms with Crippen LogP contribution in [0.15, 0.2) is 42.5 Å². The Morgan fingerprint density at radius 2 is 1.86 bits per heavy atom. The van der Waals surface area contributed by atoms with Crippen LogP contribution < -0.4 is 16.4 Å². The minimum Gasteiger partial charge on any atom is -0.396 e. The molecule has 1 aliphatic rings. The number of anilines is 3. The van der Waals surface area contributed by atoms with Crippen LogP contribution in [-0.2, 0) is 6.42 Å². The number of benzene rings is 2. The molecule has 0 spiro atoms. The van der Waals surface area contributed by atoms with Crippen LogP contribution in [0.25, 0.3) is 0 Å². The Balaban J connectivity index is 2.16. The Kier molecular flexibility index (Phi) is 3.29. The van der Waals surface area contributed by atoms with Gasteiger partial charge in [-0.1, -0.05) is 24.3 Å². The van der Waals surface area contributed by atoms with E-state index >= 15 is 0 Å². The van der Waals surface area contributed by atoms with E-state index in [2.05, 4.69) is 30.0 Å². The predicted molar refractivity (Wildman–Crippen MR) is 85.7 cm³/mol. The fraction of sp³-hybridized carbons (Fsp3) is 0.235. The largest absolute Gasteiger partial charge is 0.396 e. The van der Waals surface area contributed by atoms with Crippen molar-refractivity contribution in [2.24, 2.45) is 5.73 Å². The van der Waals surface area contributed by atoms with E-state index in [9.17, 15) is 4.79 Å². The number of fused-ring (bicyclic) bond motifs is 1. The zero-order chi connectivity index (χ0) is 15.0. The summed E-state index contributed by atoms with van der Waals surface area (Å²) >= 11 is 0. The van der Waals surface area contributed by atoms with Gasteiger partial charge in [0.1, 0.15) is 0 Å². The van der Waals surface area contributed by atoms with Gasteiger partial charge in [-0.2, -0.15) is 0 Å². The highest BCUT2D eigenvalue weighted by molar-refractivity contribution is 6.01. The van der Waals surface area contributed by atoms with E-state index in [1.165, 1.54) is 5.56 Å². The molecule has 0 aromatic heterocycles. The van der Waals surface area contributed by atoms with Crippen molar-refractivity contribution in [3.63, 3.8) is 0 Å². The Morgan fingerprint density at radius 1 is 1.14 bits per heavy atom. The van der Waals surface area contributed by atoms with E-state index < -0.39 is 5.91 Å². The van der Waals surface area contributed by atoms with Gasteiger partial charge >= 0.3 is 0 Å². The van der Waals surface area contributed by atoms with E-state index in [0.717, 1.165) is 24.2 Å². The summed E-state index contributed by atoms with van der Waals surface area (Å²) in [6.45, 7) is 2.17. The molecule has 1 amide bonds. The number of hydrogen-bond acceptors (Lipinski definition) is 3. The summed E-state index contributed by atoms with van der Waals surface area (Å²) in [5.41, 5.74) is 15.7. The van der Waals surface area contributed by atoms with Crippen LogP contribution in [0.2, 0.25) is 0 Å². The molecular formula is C17H19N3O. The van der Waals surface area contributed by atoms with Gasteiger partial charge in [0.15, 0.2) is 0 Å². The van der Waals surface area contributed by atoms with Crippen LogP contribution in [0.4, 0.5) is 17.1 Å². The van der Waals surface area contributed by atoms with Gasteiger partial charge in [-0.15, -0.1) is 0 Å². The second-order valence-electron chi connectivity index (χ2n) is 5.49. The molecule has 21 heavy (non-hydrogen) atoms. The van der Waals surface area contributed by atoms with Gasteiger partial charge in [0.25, 0.3) is 5.91 Å². The first-order valence-electron chi connectivity index (χ1n) is 7.15. The molecule has 4 nitrogen and oxygen atoms in total. The lowest BCUT2D eigenvalue weighted by molar-refractivity contribution is 0.100. The Bertz CT molecular complexity index is 696. The number of nitrogens with zero attached hydrogens (tertiary/aromatic N) is 1. The first-order valence-corrected chi connectivity index (χ1v) is 7.15. The van der Waals surface area contributed by atoms with Crippen molar-refractivity contribution in [3.8, 4) is 0 Å². The summed E-state index contributed by atoms with van der Waals surface area (Å²) in [5, 5.41) is 0. The monoisotopic (exact) mass is 281 g/mol. The van der Waals surface area contributed by atoms with E-state index in [0.29, 0.717) is 17.3 Å². The number of rotatable bonds is 2. The molecule has 1 atom stereocenters. The van der Waals surface area contributed by atoms with Gasteiger partial charge in [-0.25, -0.2) is 0 Å². The molecule has 0 saturated carbocycles. The van der Waals surface area contributed by atoms with Gasteiger partial charge in [0.2, 0.25) is 0 Å². The fourth-order valence-electron chi connectivity index (χ4n) is 3.03. The molecule has 0 aliphatic carbocycles. The lowest BCUT2D eigenvalue weighted by Crippen LogP contribution is -2.34. The standard InChI is InChI=1S/C17H19N3O/c1-11-9-10-12-5-2-3-7-14(12)20(11)15-8-4-6-13(16(15)18)17(19)21/h2-8,11H,9-10,18H2,1H3,(H2,19,21). The lowest BCUT2D eigenvalue weighted by atomic mass is 9.95. The number of carbonyl (C=O) groups excluding carboxylic acids is 1. The second-order valence-corrected chi connectivity index (χ2v) is 5.49. The zero-order valence-corrected chi connectivity index (χ0v) is 12.0. The molecule has 0 bridgehead atoms. The number of hydrogen-bond donors (Lipinski definition) is 2. The maximum absolute atomic E-state index is 11.5. The molecule has 3 rings (SSSR count). The van der Waals surface area contributed by atoms with Crippen LogP contribution in [-0.4, -0.2) is 11.9 Å². The normalized spacial score (nSPS) is 17.4. The number of para-hydroxylation sites is 2. The molecule has 2 aromatic rings. The highest BCUT2D eigenvalue weighted by atomic mass is 16.1. The fourth-order valence-corrected chi connectivity index (χ4v) is 3.03. The van der Waals surface area contributed by atoms with Gasteiger partial charge in [0.05, 0.1) is 16.9 Å². The van der Waals surface area contributed by atoms with Crippen LogP contribution in [0.1, 0.15) is 29.3 Å². The van der Waals surface area contributed by atoms with E-state index in [4.69, 9.17) is 11.5 Å². The third-order valence-electron chi connectivity index (χ3n) is 4.13. The highest BCUT2D eigenvalue weighted by Gasteiger charge is 2.26. The van der Waals surface area contributed by atoms with Crippen LogP contribution in [0, 0.1) is 0 Å². The first kappa shape index (κ1) is 13.5. The summed E-state index contributed by atoms with van der Waals surface area (Å²) in [6.07, 6.45) is 2.11. The van der Waals surface area contributed by atoms with Crippen molar-refractivity contribution in [1.82, 2.24) is 0 Å². The Labute approximate surface area is 124 Å². The van der Waals surface area contributed by atoms with Crippen molar-refractivity contribution in [2.75, 3.05) is 10.6 Å². The predicted octanol–water partition coefficient (Wildman–Crippen LogP) is 2.84. The maximum atomic E-state index is 11.5. The van der Waals surface area contributed by atoms with Gasteiger partial charge in [-0.05, 0) is 43.5 Å². The molecule has 2 aromatic carbocycles. The van der Waals surface area contributed by atoms with Gasteiger partial charge < -0.3 is 16.4 Å². The summed E-state index contributed by atoms with van der Waals surface area (Å²) in [5.74, 6) is -0.493. The lowest BCUT2D eigenvalue weighted by Gasteiger charge is -2.38. The molecule has 0 fully saturated rings. The molecule has 4 N–H and O–H groups in total. The average molecular weight is 281 g/mol. The van der Waals surface area contributed by atoms with Crippen molar-refractivity contribution >= 4 is 23.0 Å². The summed E-state index contributed by atoms with van der Waals surface area (Å²) in [7, 11) is 0. The quantitative estimate of drug-likeness (QED) is 0.831. The smallest absolute Gasteiger partial charge is 0.250 e. The molecule has 0 radical (unpaired) electrons. The van der Waals surface area contributed by atoms with Gasteiger partial charge in [-0.3, -0.25) is 4.79 Å². The van der Waals surface area contributed by atoms with Crippen LogP contribution >= 0.6 is 0 Å². The van der Waals surface area contributed by atoms with Crippen molar-refractivity contribution in [1.29, 1.82) is 0 Å². The number of nitrogen functional groups attached to an aromatic ring is 1. The Morgan fingerprint density at radius 3 is 2.62 bits per heavy atom. The van der Waals surface area contributed by atoms with Crippen LogP contribution in [0.3, 0.4) is 0 Å². The molecule has 1 unspecified atom stereocenters. The molecule has 108 valence electrons. The van der Waals surface area contributed by atoms with Crippen molar-refractivity contribution < 1.29 is 4.79 Å². The van der Waals surface area contributed by atoms with E-state index in [1.807, 2.05) is 18.2 Å². The maximum Gasteiger partial charge on any atom is 0.250 e. The first-order chi connectivity index (χ1) is 10.1. The summed E-state index contributed by atoms with van der Waals surface area (Å²) in [4.78, 5) is 13.7. The third kappa shape index (κ3) is 2.23. The number of nitrogens with two attached hydrogens (primary N) is 2. The van der Waals surface area contributed by atoms with Crippen LogP contribution in [0.5, 0.6) is 0 Å².